The van der Waals surface area contributed by atoms with E-state index in [0.29, 0.717) is 10.7 Å². The van der Waals surface area contributed by atoms with Crippen LogP contribution in [0.25, 0.3) is 27.5 Å². The van der Waals surface area contributed by atoms with Crippen LogP contribution in [0.3, 0.4) is 0 Å². The molecule has 0 bridgehead atoms. The molecular weight excluding hydrogens is 348 g/mol. The van der Waals surface area contributed by atoms with Gasteiger partial charge in [-0.15, -0.1) is 0 Å². The van der Waals surface area contributed by atoms with Gasteiger partial charge in [-0.05, 0) is 37.3 Å². The van der Waals surface area contributed by atoms with E-state index in [1.54, 1.807) is 31.8 Å². The van der Waals surface area contributed by atoms with Gasteiger partial charge in [0, 0.05) is 34.6 Å². The van der Waals surface area contributed by atoms with Crippen molar-refractivity contribution >= 4 is 11.3 Å². The molecule has 0 amide bonds. The highest BCUT2D eigenvalue weighted by atomic mass is 32.1. The molecule has 26 heavy (non-hydrogen) atoms. The normalized spacial score (nSPS) is 10.8. The topological polar surface area (TPSA) is 72.8 Å². The summed E-state index contributed by atoms with van der Waals surface area (Å²) >= 11 is 1.47. The lowest BCUT2D eigenvalue weighted by atomic mass is 10.1. The number of hydrogen-bond acceptors (Lipinski definition) is 5. The van der Waals surface area contributed by atoms with Crippen molar-refractivity contribution in [3.8, 4) is 33.3 Å². The molecule has 0 aliphatic heterocycles. The number of thiazole rings is 1. The van der Waals surface area contributed by atoms with Crippen molar-refractivity contribution in [1.29, 1.82) is 0 Å². The fourth-order valence-electron chi connectivity index (χ4n) is 2.74. The SMILES string of the molecule is COc1ccc(-c2nc(-n3[nH]cc(-c4cccnc4)c3=O)sc2C)cc1. The number of pyridine rings is 1. The van der Waals surface area contributed by atoms with Crippen molar-refractivity contribution < 1.29 is 4.74 Å². The van der Waals surface area contributed by atoms with Crippen LogP contribution in [0, 0.1) is 6.92 Å². The van der Waals surface area contributed by atoms with Crippen LogP contribution < -0.4 is 10.3 Å². The van der Waals surface area contributed by atoms with E-state index in [1.165, 1.54) is 16.0 Å². The van der Waals surface area contributed by atoms with E-state index in [2.05, 4.69) is 15.1 Å². The number of rotatable bonds is 4. The van der Waals surface area contributed by atoms with Gasteiger partial charge in [0.2, 0.25) is 5.13 Å². The van der Waals surface area contributed by atoms with Gasteiger partial charge in [0.1, 0.15) is 5.75 Å². The molecule has 1 aromatic carbocycles. The van der Waals surface area contributed by atoms with Gasteiger partial charge in [-0.3, -0.25) is 14.9 Å². The van der Waals surface area contributed by atoms with Gasteiger partial charge in [0.25, 0.3) is 5.56 Å². The van der Waals surface area contributed by atoms with E-state index < -0.39 is 0 Å². The highest BCUT2D eigenvalue weighted by Gasteiger charge is 2.16. The molecule has 1 N–H and O–H groups in total. The lowest BCUT2D eigenvalue weighted by molar-refractivity contribution is 0.415. The Kier molecular flexibility index (Phi) is 4.14. The summed E-state index contributed by atoms with van der Waals surface area (Å²) in [7, 11) is 1.64. The summed E-state index contributed by atoms with van der Waals surface area (Å²) in [6.45, 7) is 2.00. The number of H-pyrrole nitrogens is 1. The van der Waals surface area contributed by atoms with E-state index in [1.807, 2.05) is 37.3 Å². The highest BCUT2D eigenvalue weighted by molar-refractivity contribution is 7.14. The first kappa shape index (κ1) is 16.3. The summed E-state index contributed by atoms with van der Waals surface area (Å²) in [6, 6.07) is 11.4. The molecule has 4 aromatic rings. The summed E-state index contributed by atoms with van der Waals surface area (Å²) in [5.74, 6) is 0.795. The lowest BCUT2D eigenvalue weighted by Gasteiger charge is -2.01. The zero-order chi connectivity index (χ0) is 18.1. The first-order chi connectivity index (χ1) is 12.7. The summed E-state index contributed by atoms with van der Waals surface area (Å²) in [4.78, 5) is 22.5. The first-order valence-corrected chi connectivity index (χ1v) is 8.82. The maximum atomic E-state index is 12.8. The zero-order valence-electron chi connectivity index (χ0n) is 14.3. The Bertz CT molecular complexity index is 1090. The Morgan fingerprint density at radius 2 is 1.96 bits per heavy atom. The molecule has 6 nitrogen and oxygen atoms in total. The summed E-state index contributed by atoms with van der Waals surface area (Å²) in [5.41, 5.74) is 3.04. The summed E-state index contributed by atoms with van der Waals surface area (Å²) < 4.78 is 6.66. The van der Waals surface area contributed by atoms with Crippen LogP contribution in [0.15, 0.2) is 59.8 Å². The van der Waals surface area contributed by atoms with Crippen LogP contribution in [0.1, 0.15) is 4.88 Å². The van der Waals surface area contributed by atoms with Gasteiger partial charge in [-0.2, -0.15) is 4.68 Å². The molecule has 3 aromatic heterocycles. The van der Waals surface area contributed by atoms with Crippen molar-refractivity contribution in [2.24, 2.45) is 0 Å². The van der Waals surface area contributed by atoms with Crippen LogP contribution in [0.4, 0.5) is 0 Å². The van der Waals surface area contributed by atoms with E-state index in [9.17, 15) is 4.79 Å². The number of aryl methyl sites for hydroxylation is 1. The Labute approximate surface area is 153 Å². The zero-order valence-corrected chi connectivity index (χ0v) is 15.1. The van der Waals surface area contributed by atoms with Crippen molar-refractivity contribution in [2.45, 2.75) is 6.92 Å². The van der Waals surface area contributed by atoms with E-state index >= 15 is 0 Å². The molecule has 0 aliphatic rings. The van der Waals surface area contributed by atoms with Crippen LogP contribution in [0.5, 0.6) is 5.75 Å². The van der Waals surface area contributed by atoms with Gasteiger partial charge in [-0.1, -0.05) is 17.4 Å². The Morgan fingerprint density at radius 3 is 2.65 bits per heavy atom. The predicted octanol–water partition coefficient (Wildman–Crippen LogP) is 3.67. The fourth-order valence-corrected chi connectivity index (χ4v) is 3.63. The van der Waals surface area contributed by atoms with Gasteiger partial charge < -0.3 is 4.74 Å². The molecule has 0 spiro atoms. The molecule has 3 heterocycles. The Hall–Kier alpha value is -3.19. The summed E-state index contributed by atoms with van der Waals surface area (Å²) in [5, 5.41) is 3.61. The van der Waals surface area contributed by atoms with Crippen LogP contribution in [0.2, 0.25) is 0 Å². The molecule has 0 radical (unpaired) electrons. The molecule has 0 saturated heterocycles. The maximum Gasteiger partial charge on any atom is 0.281 e. The van der Waals surface area contributed by atoms with Gasteiger partial charge in [-0.25, -0.2) is 4.98 Å². The Balaban J connectivity index is 1.74. The second-order valence-electron chi connectivity index (χ2n) is 5.70. The third kappa shape index (κ3) is 2.82. The molecular formula is C19H16N4O2S. The van der Waals surface area contributed by atoms with E-state index in [0.717, 1.165) is 27.4 Å². The number of nitrogens with one attached hydrogen (secondary N) is 1. The molecule has 0 atom stereocenters. The number of ether oxygens (including phenoxy) is 1. The maximum absolute atomic E-state index is 12.8. The van der Waals surface area contributed by atoms with E-state index in [-0.39, 0.29) is 5.56 Å². The second kappa shape index (κ2) is 6.61. The molecule has 4 rings (SSSR count). The van der Waals surface area contributed by atoms with Gasteiger partial charge in [0.15, 0.2) is 0 Å². The number of hydrogen-bond donors (Lipinski definition) is 1. The number of nitrogens with zero attached hydrogens (tertiary/aromatic N) is 3. The Morgan fingerprint density at radius 1 is 1.15 bits per heavy atom. The minimum absolute atomic E-state index is 0.145. The average Bonchev–Trinajstić information content (AvgIpc) is 3.25. The fraction of sp³-hybridized carbons (Fsp3) is 0.105. The molecule has 0 unspecified atom stereocenters. The standard InChI is InChI=1S/C19H16N4O2S/c1-12-17(13-5-7-15(25-2)8-6-13)22-19(26-12)23-18(24)16(11-21-23)14-4-3-9-20-10-14/h3-11,21H,1-2H3. The van der Waals surface area contributed by atoms with Crippen LogP contribution in [-0.2, 0) is 0 Å². The molecule has 0 fully saturated rings. The molecule has 0 saturated carbocycles. The summed E-state index contributed by atoms with van der Waals surface area (Å²) in [6.07, 6.45) is 5.04. The smallest absolute Gasteiger partial charge is 0.281 e. The van der Waals surface area contributed by atoms with Gasteiger partial charge >= 0.3 is 0 Å². The lowest BCUT2D eigenvalue weighted by Crippen LogP contribution is -2.15. The molecule has 130 valence electrons. The van der Waals surface area contributed by atoms with Crippen LogP contribution >= 0.6 is 11.3 Å². The number of aromatic amines is 1. The largest absolute Gasteiger partial charge is 0.497 e. The first-order valence-electron chi connectivity index (χ1n) is 8.00. The predicted molar refractivity (Wildman–Crippen MR) is 102 cm³/mol. The average molecular weight is 364 g/mol. The number of benzene rings is 1. The molecule has 0 aliphatic carbocycles. The van der Waals surface area contributed by atoms with Crippen molar-refractivity contribution in [3.05, 3.63) is 70.2 Å². The van der Waals surface area contributed by atoms with Gasteiger partial charge in [0.05, 0.1) is 18.4 Å². The van der Waals surface area contributed by atoms with E-state index in [4.69, 9.17) is 4.74 Å². The minimum Gasteiger partial charge on any atom is -0.497 e. The van der Waals surface area contributed by atoms with Crippen molar-refractivity contribution in [2.75, 3.05) is 7.11 Å². The molecule has 7 heteroatoms. The number of methoxy groups -OCH3 is 1. The van der Waals surface area contributed by atoms with Crippen LogP contribution in [-0.4, -0.2) is 26.9 Å². The van der Waals surface area contributed by atoms with Crippen molar-refractivity contribution in [1.82, 2.24) is 19.7 Å². The third-order valence-electron chi connectivity index (χ3n) is 4.08. The number of aromatic nitrogens is 4. The minimum atomic E-state index is -0.145. The van der Waals surface area contributed by atoms with Crippen molar-refractivity contribution in [3.63, 3.8) is 0 Å². The quantitative estimate of drug-likeness (QED) is 0.600. The third-order valence-corrected chi connectivity index (χ3v) is 5.04. The monoisotopic (exact) mass is 364 g/mol. The highest BCUT2D eigenvalue weighted by Crippen LogP contribution is 2.30. The second-order valence-corrected chi connectivity index (χ2v) is 6.88.